The predicted molar refractivity (Wildman–Crippen MR) is 89.0 cm³/mol. The van der Waals surface area contributed by atoms with E-state index in [-0.39, 0.29) is 11.5 Å². The number of halogens is 1. The maximum atomic E-state index is 10.6. The Balaban J connectivity index is 2.16. The molecular formula is C18H15BrO2. The number of hydrogen-bond donors (Lipinski definition) is 2. The summed E-state index contributed by atoms with van der Waals surface area (Å²) in [4.78, 5) is 0. The molecule has 0 saturated heterocycles. The minimum atomic E-state index is 0.246. The Bertz CT molecular complexity index is 808. The molecular weight excluding hydrogens is 328 g/mol. The van der Waals surface area contributed by atoms with Crippen molar-refractivity contribution in [2.75, 3.05) is 0 Å². The molecule has 3 rings (SSSR count). The van der Waals surface area contributed by atoms with Gasteiger partial charge in [-0.2, -0.15) is 0 Å². The third-order valence-corrected chi connectivity index (χ3v) is 4.35. The second kappa shape index (κ2) is 5.41. The van der Waals surface area contributed by atoms with Gasteiger partial charge in [0.2, 0.25) is 0 Å². The first kappa shape index (κ1) is 14.0. The summed E-state index contributed by atoms with van der Waals surface area (Å²) in [5.41, 5.74) is 2.59. The van der Waals surface area contributed by atoms with Crippen LogP contribution in [-0.4, -0.2) is 10.2 Å². The van der Waals surface area contributed by atoms with Gasteiger partial charge in [0.25, 0.3) is 0 Å². The molecule has 0 unspecified atom stereocenters. The average molecular weight is 343 g/mol. The SMILES string of the molecule is Cc1c(Cc2ccc(Br)cc2)c(O)c2ccccc2c1O. The van der Waals surface area contributed by atoms with Crippen LogP contribution in [0.3, 0.4) is 0 Å². The standard InChI is InChI=1S/C18H15BrO2/c1-11-16(10-12-6-8-13(19)9-7-12)18(21)15-5-3-2-4-14(15)17(11)20/h2-9,20-21H,10H2,1H3. The van der Waals surface area contributed by atoms with Crippen molar-refractivity contribution in [1.82, 2.24) is 0 Å². The van der Waals surface area contributed by atoms with Crippen molar-refractivity contribution in [3.8, 4) is 11.5 Å². The summed E-state index contributed by atoms with van der Waals surface area (Å²) in [6.07, 6.45) is 0.587. The molecule has 2 N–H and O–H groups in total. The number of fused-ring (bicyclic) bond motifs is 1. The normalized spacial score (nSPS) is 11.0. The van der Waals surface area contributed by atoms with Crippen LogP contribution in [0.1, 0.15) is 16.7 Å². The van der Waals surface area contributed by atoms with E-state index in [4.69, 9.17) is 0 Å². The summed E-state index contributed by atoms with van der Waals surface area (Å²) in [7, 11) is 0. The third kappa shape index (κ3) is 2.49. The molecule has 0 spiro atoms. The summed E-state index contributed by atoms with van der Waals surface area (Å²) < 4.78 is 1.02. The number of rotatable bonds is 2. The highest BCUT2D eigenvalue weighted by molar-refractivity contribution is 9.10. The molecule has 3 heteroatoms. The number of hydrogen-bond acceptors (Lipinski definition) is 2. The van der Waals surface area contributed by atoms with Gasteiger partial charge >= 0.3 is 0 Å². The molecule has 0 aromatic heterocycles. The Kier molecular flexibility index (Phi) is 3.60. The molecule has 0 bridgehead atoms. The first-order chi connectivity index (χ1) is 10.1. The van der Waals surface area contributed by atoms with Crippen molar-refractivity contribution in [1.29, 1.82) is 0 Å². The van der Waals surface area contributed by atoms with Crippen LogP contribution < -0.4 is 0 Å². The molecule has 0 heterocycles. The second-order valence-electron chi connectivity index (χ2n) is 5.15. The predicted octanol–water partition coefficient (Wildman–Crippen LogP) is 4.91. The molecule has 0 aliphatic heterocycles. The number of phenolic OH excluding ortho intramolecular Hbond substituents is 2. The van der Waals surface area contributed by atoms with Gasteiger partial charge in [-0.05, 0) is 30.2 Å². The largest absolute Gasteiger partial charge is 0.507 e. The topological polar surface area (TPSA) is 40.5 Å². The van der Waals surface area contributed by atoms with Crippen LogP contribution in [0.25, 0.3) is 10.8 Å². The van der Waals surface area contributed by atoms with Gasteiger partial charge in [0.15, 0.2) is 0 Å². The minimum absolute atomic E-state index is 0.246. The molecule has 3 aromatic rings. The van der Waals surface area contributed by atoms with Gasteiger partial charge in [-0.15, -0.1) is 0 Å². The summed E-state index contributed by atoms with van der Waals surface area (Å²) in [5, 5.41) is 22.3. The van der Waals surface area contributed by atoms with Crippen LogP contribution >= 0.6 is 15.9 Å². The first-order valence-corrected chi connectivity index (χ1v) is 7.54. The Morgan fingerprint density at radius 3 is 2.05 bits per heavy atom. The Hall–Kier alpha value is -2.00. The zero-order valence-corrected chi connectivity index (χ0v) is 13.2. The van der Waals surface area contributed by atoms with Crippen LogP contribution in [0.4, 0.5) is 0 Å². The van der Waals surface area contributed by atoms with E-state index >= 15 is 0 Å². The first-order valence-electron chi connectivity index (χ1n) is 6.74. The van der Waals surface area contributed by atoms with Gasteiger partial charge in [-0.1, -0.05) is 52.3 Å². The molecule has 0 aliphatic carbocycles. The van der Waals surface area contributed by atoms with Gasteiger partial charge in [-0.3, -0.25) is 0 Å². The van der Waals surface area contributed by atoms with Gasteiger partial charge in [0, 0.05) is 27.2 Å². The van der Waals surface area contributed by atoms with Gasteiger partial charge in [-0.25, -0.2) is 0 Å². The molecule has 0 amide bonds. The van der Waals surface area contributed by atoms with Crippen LogP contribution in [0.5, 0.6) is 11.5 Å². The summed E-state index contributed by atoms with van der Waals surface area (Å²) in [6.45, 7) is 1.84. The zero-order valence-electron chi connectivity index (χ0n) is 11.6. The molecule has 0 atom stereocenters. The fourth-order valence-electron chi connectivity index (χ4n) is 2.60. The van der Waals surface area contributed by atoms with Gasteiger partial charge in [0.1, 0.15) is 11.5 Å². The lowest BCUT2D eigenvalue weighted by Gasteiger charge is -2.14. The van der Waals surface area contributed by atoms with Crippen LogP contribution in [0.15, 0.2) is 53.0 Å². The van der Waals surface area contributed by atoms with Crippen molar-refractivity contribution in [2.24, 2.45) is 0 Å². The fourth-order valence-corrected chi connectivity index (χ4v) is 2.87. The van der Waals surface area contributed by atoms with Gasteiger partial charge in [0.05, 0.1) is 0 Å². The Morgan fingerprint density at radius 1 is 0.857 bits per heavy atom. The Labute approximate surface area is 131 Å². The van der Waals surface area contributed by atoms with Crippen molar-refractivity contribution >= 4 is 26.7 Å². The summed E-state index contributed by atoms with van der Waals surface area (Å²) in [5.74, 6) is 0.499. The maximum Gasteiger partial charge on any atom is 0.127 e. The molecule has 0 saturated carbocycles. The lowest BCUT2D eigenvalue weighted by molar-refractivity contribution is 0.461. The van der Waals surface area contributed by atoms with Crippen molar-refractivity contribution in [2.45, 2.75) is 13.3 Å². The van der Waals surface area contributed by atoms with Crippen LogP contribution in [0.2, 0.25) is 0 Å². The third-order valence-electron chi connectivity index (χ3n) is 3.83. The lowest BCUT2D eigenvalue weighted by Crippen LogP contribution is -1.95. The van der Waals surface area contributed by atoms with E-state index in [1.54, 1.807) is 0 Å². The molecule has 21 heavy (non-hydrogen) atoms. The minimum Gasteiger partial charge on any atom is -0.507 e. The van der Waals surface area contributed by atoms with Crippen LogP contribution in [0, 0.1) is 6.92 Å². The summed E-state index contributed by atoms with van der Waals surface area (Å²) in [6, 6.07) is 15.3. The maximum absolute atomic E-state index is 10.6. The zero-order chi connectivity index (χ0) is 15.0. The monoisotopic (exact) mass is 342 g/mol. The van der Waals surface area contributed by atoms with E-state index in [1.165, 1.54) is 0 Å². The van der Waals surface area contributed by atoms with E-state index in [9.17, 15) is 10.2 Å². The molecule has 0 radical (unpaired) electrons. The van der Waals surface area contributed by atoms with E-state index < -0.39 is 0 Å². The molecule has 2 nitrogen and oxygen atoms in total. The van der Waals surface area contributed by atoms with E-state index in [2.05, 4.69) is 15.9 Å². The van der Waals surface area contributed by atoms with Crippen molar-refractivity contribution in [3.63, 3.8) is 0 Å². The van der Waals surface area contributed by atoms with Gasteiger partial charge < -0.3 is 10.2 Å². The quantitative estimate of drug-likeness (QED) is 0.649. The van der Waals surface area contributed by atoms with Crippen molar-refractivity contribution in [3.05, 3.63) is 69.7 Å². The van der Waals surface area contributed by atoms with Crippen molar-refractivity contribution < 1.29 is 10.2 Å². The smallest absolute Gasteiger partial charge is 0.127 e. The summed E-state index contributed by atoms with van der Waals surface area (Å²) >= 11 is 3.41. The van der Waals surface area contributed by atoms with E-state index in [0.717, 1.165) is 21.2 Å². The highest BCUT2D eigenvalue weighted by atomic mass is 79.9. The number of benzene rings is 3. The Morgan fingerprint density at radius 2 is 1.43 bits per heavy atom. The fraction of sp³-hybridized carbons (Fsp3) is 0.111. The highest BCUT2D eigenvalue weighted by Crippen LogP contribution is 2.39. The number of aromatic hydroxyl groups is 2. The molecule has 3 aromatic carbocycles. The molecule has 106 valence electrons. The highest BCUT2D eigenvalue weighted by Gasteiger charge is 2.15. The van der Waals surface area contributed by atoms with Crippen LogP contribution in [-0.2, 0) is 6.42 Å². The molecule has 0 aliphatic rings. The van der Waals surface area contributed by atoms with E-state index in [0.29, 0.717) is 17.2 Å². The lowest BCUT2D eigenvalue weighted by atomic mass is 9.94. The van der Waals surface area contributed by atoms with E-state index in [1.807, 2.05) is 55.5 Å². The average Bonchev–Trinajstić information content (AvgIpc) is 2.51. The second-order valence-corrected chi connectivity index (χ2v) is 6.07. The number of phenols is 2. The molecule has 0 fully saturated rings.